The summed E-state index contributed by atoms with van der Waals surface area (Å²) in [6.07, 6.45) is 4.37. The highest BCUT2D eigenvalue weighted by atomic mass is 35.5. The lowest BCUT2D eigenvalue weighted by molar-refractivity contribution is -0.116. The van der Waals surface area contributed by atoms with Crippen LogP contribution < -0.4 is 15.4 Å². The summed E-state index contributed by atoms with van der Waals surface area (Å²) in [5.41, 5.74) is 0.785. The van der Waals surface area contributed by atoms with E-state index in [0.717, 1.165) is 25.2 Å². The number of halogens is 2. The minimum Gasteiger partial charge on any atom is -0.439 e. The Morgan fingerprint density at radius 1 is 1.20 bits per heavy atom. The maximum Gasteiger partial charge on any atom is 0.224 e. The lowest BCUT2D eigenvalue weighted by Gasteiger charge is -2.09. The molecule has 25 heavy (non-hydrogen) atoms. The highest BCUT2D eigenvalue weighted by molar-refractivity contribution is 5.90. The van der Waals surface area contributed by atoms with E-state index in [1.54, 1.807) is 12.3 Å². The molecule has 1 fully saturated rings. The minimum atomic E-state index is 0. The third-order valence-electron chi connectivity index (χ3n) is 3.94. The SMILES string of the molecule is Cl.Cl.O=C(CCC1CCNC1)Nc1ccc(Oc2ccccn2)cc1. The lowest BCUT2D eigenvalue weighted by Crippen LogP contribution is -2.14. The Morgan fingerprint density at radius 2 is 2.00 bits per heavy atom. The van der Waals surface area contributed by atoms with Crippen LogP contribution in [0.25, 0.3) is 0 Å². The van der Waals surface area contributed by atoms with E-state index in [0.29, 0.717) is 24.0 Å². The van der Waals surface area contributed by atoms with Crippen molar-refractivity contribution in [2.75, 3.05) is 18.4 Å². The van der Waals surface area contributed by atoms with Crippen LogP contribution in [0.15, 0.2) is 48.7 Å². The summed E-state index contributed by atoms with van der Waals surface area (Å²) in [6, 6.07) is 12.8. The number of ether oxygens (including phenoxy) is 1. The Labute approximate surface area is 160 Å². The van der Waals surface area contributed by atoms with Crippen molar-refractivity contribution in [3.05, 3.63) is 48.7 Å². The van der Waals surface area contributed by atoms with Crippen molar-refractivity contribution in [3.8, 4) is 11.6 Å². The maximum absolute atomic E-state index is 12.0. The van der Waals surface area contributed by atoms with Gasteiger partial charge in [0.2, 0.25) is 11.8 Å². The van der Waals surface area contributed by atoms with Crippen molar-refractivity contribution in [1.29, 1.82) is 0 Å². The number of carbonyl (C=O) groups excluding carboxylic acids is 1. The molecule has 2 N–H and O–H groups in total. The zero-order chi connectivity index (χ0) is 15.9. The van der Waals surface area contributed by atoms with E-state index in [1.807, 2.05) is 36.4 Å². The third kappa shape index (κ3) is 6.90. The molecule has 1 aliphatic heterocycles. The first-order chi connectivity index (χ1) is 11.3. The van der Waals surface area contributed by atoms with Crippen LogP contribution in [0.4, 0.5) is 5.69 Å². The first-order valence-electron chi connectivity index (χ1n) is 7.99. The van der Waals surface area contributed by atoms with Gasteiger partial charge in [-0.05, 0) is 62.2 Å². The van der Waals surface area contributed by atoms with Crippen LogP contribution in [-0.4, -0.2) is 24.0 Å². The first-order valence-corrected chi connectivity index (χ1v) is 7.99. The van der Waals surface area contributed by atoms with Crippen LogP contribution in [0.1, 0.15) is 19.3 Å². The summed E-state index contributed by atoms with van der Waals surface area (Å²) in [7, 11) is 0. The van der Waals surface area contributed by atoms with E-state index in [2.05, 4.69) is 15.6 Å². The van der Waals surface area contributed by atoms with Gasteiger partial charge in [-0.3, -0.25) is 4.79 Å². The molecule has 1 unspecified atom stereocenters. The average Bonchev–Trinajstić information content (AvgIpc) is 3.09. The third-order valence-corrected chi connectivity index (χ3v) is 3.94. The van der Waals surface area contributed by atoms with Crippen molar-refractivity contribution >= 4 is 36.4 Å². The number of benzene rings is 1. The monoisotopic (exact) mass is 383 g/mol. The molecular weight excluding hydrogens is 361 g/mol. The van der Waals surface area contributed by atoms with Crippen molar-refractivity contribution in [3.63, 3.8) is 0 Å². The molecule has 0 aliphatic carbocycles. The van der Waals surface area contributed by atoms with Crippen LogP contribution in [-0.2, 0) is 4.79 Å². The van der Waals surface area contributed by atoms with Crippen LogP contribution in [0.3, 0.4) is 0 Å². The molecular formula is C18H23Cl2N3O2. The summed E-state index contributed by atoms with van der Waals surface area (Å²) in [5, 5.41) is 6.25. The molecule has 136 valence electrons. The molecule has 2 aromatic rings. The van der Waals surface area contributed by atoms with Gasteiger partial charge in [-0.15, -0.1) is 24.8 Å². The standard InChI is InChI=1S/C18H21N3O2.2ClH/c22-17(9-4-14-10-12-19-13-14)21-15-5-7-16(8-6-15)23-18-3-1-2-11-20-18;;/h1-3,5-8,11,14,19H,4,9-10,12-13H2,(H,21,22);2*1H. The molecule has 1 amide bonds. The summed E-state index contributed by atoms with van der Waals surface area (Å²) >= 11 is 0. The Morgan fingerprint density at radius 3 is 2.64 bits per heavy atom. The Bertz CT molecular complexity index is 633. The molecule has 0 saturated carbocycles. The molecule has 3 rings (SSSR count). The van der Waals surface area contributed by atoms with E-state index in [-0.39, 0.29) is 30.7 Å². The van der Waals surface area contributed by atoms with Crippen LogP contribution in [0.2, 0.25) is 0 Å². The van der Waals surface area contributed by atoms with Gasteiger partial charge in [0.1, 0.15) is 5.75 Å². The maximum atomic E-state index is 12.0. The molecule has 0 bridgehead atoms. The second kappa shape index (κ2) is 10.9. The number of carbonyl (C=O) groups is 1. The summed E-state index contributed by atoms with van der Waals surface area (Å²) in [6.45, 7) is 2.11. The Hall–Kier alpha value is -1.82. The van der Waals surface area contributed by atoms with Gasteiger partial charge < -0.3 is 15.4 Å². The molecule has 1 aromatic carbocycles. The number of rotatable bonds is 6. The molecule has 7 heteroatoms. The van der Waals surface area contributed by atoms with Crippen LogP contribution >= 0.6 is 24.8 Å². The highest BCUT2D eigenvalue weighted by Gasteiger charge is 2.15. The summed E-state index contributed by atoms with van der Waals surface area (Å²) in [5.74, 6) is 1.94. The fourth-order valence-corrected chi connectivity index (χ4v) is 2.65. The average molecular weight is 384 g/mol. The van der Waals surface area contributed by atoms with Crippen molar-refractivity contribution in [1.82, 2.24) is 10.3 Å². The van der Waals surface area contributed by atoms with Gasteiger partial charge in [-0.2, -0.15) is 0 Å². The first kappa shape index (κ1) is 21.2. The van der Waals surface area contributed by atoms with Crippen molar-refractivity contribution in [2.45, 2.75) is 19.3 Å². The van der Waals surface area contributed by atoms with Crippen molar-refractivity contribution in [2.24, 2.45) is 5.92 Å². The fraction of sp³-hybridized carbons (Fsp3) is 0.333. The largest absolute Gasteiger partial charge is 0.439 e. The van der Waals surface area contributed by atoms with E-state index < -0.39 is 0 Å². The van der Waals surface area contributed by atoms with Gasteiger partial charge in [0, 0.05) is 24.4 Å². The van der Waals surface area contributed by atoms with Gasteiger partial charge in [0.25, 0.3) is 0 Å². The number of nitrogens with one attached hydrogen (secondary N) is 2. The van der Waals surface area contributed by atoms with Gasteiger partial charge in [-0.25, -0.2) is 4.98 Å². The molecule has 5 nitrogen and oxygen atoms in total. The zero-order valence-corrected chi connectivity index (χ0v) is 15.4. The predicted octanol–water partition coefficient (Wildman–Crippen LogP) is 4.05. The smallest absolute Gasteiger partial charge is 0.224 e. The second-order valence-corrected chi connectivity index (χ2v) is 5.74. The normalized spacial score (nSPS) is 15.6. The molecule has 0 radical (unpaired) electrons. The predicted molar refractivity (Wildman–Crippen MR) is 104 cm³/mol. The Balaban J connectivity index is 0.00000156. The number of amides is 1. The van der Waals surface area contributed by atoms with Gasteiger partial charge in [-0.1, -0.05) is 6.07 Å². The van der Waals surface area contributed by atoms with Gasteiger partial charge >= 0.3 is 0 Å². The van der Waals surface area contributed by atoms with Gasteiger partial charge in [0.15, 0.2) is 0 Å². The Kier molecular flexibility index (Phi) is 9.27. The number of hydrogen-bond acceptors (Lipinski definition) is 4. The minimum absolute atomic E-state index is 0. The zero-order valence-electron chi connectivity index (χ0n) is 13.8. The summed E-state index contributed by atoms with van der Waals surface area (Å²) < 4.78 is 5.62. The van der Waals surface area contributed by atoms with E-state index in [1.165, 1.54) is 6.42 Å². The quantitative estimate of drug-likeness (QED) is 0.789. The number of nitrogens with zero attached hydrogens (tertiary/aromatic N) is 1. The van der Waals surface area contributed by atoms with Crippen molar-refractivity contribution < 1.29 is 9.53 Å². The number of pyridine rings is 1. The fourth-order valence-electron chi connectivity index (χ4n) is 2.65. The number of anilines is 1. The lowest BCUT2D eigenvalue weighted by atomic mass is 10.0. The van der Waals surface area contributed by atoms with E-state index in [4.69, 9.17) is 4.74 Å². The van der Waals surface area contributed by atoms with E-state index in [9.17, 15) is 4.79 Å². The highest BCUT2D eigenvalue weighted by Crippen LogP contribution is 2.21. The molecule has 1 saturated heterocycles. The molecule has 1 atom stereocenters. The molecule has 1 aliphatic rings. The van der Waals surface area contributed by atoms with E-state index >= 15 is 0 Å². The topological polar surface area (TPSA) is 63.2 Å². The second-order valence-electron chi connectivity index (χ2n) is 5.74. The molecule has 0 spiro atoms. The van der Waals surface area contributed by atoms with Gasteiger partial charge in [0.05, 0.1) is 0 Å². The number of aromatic nitrogens is 1. The van der Waals surface area contributed by atoms with Crippen LogP contribution in [0, 0.1) is 5.92 Å². The summed E-state index contributed by atoms with van der Waals surface area (Å²) in [4.78, 5) is 16.1. The molecule has 1 aromatic heterocycles. The number of hydrogen-bond donors (Lipinski definition) is 2. The molecule has 2 heterocycles. The van der Waals surface area contributed by atoms with Crippen LogP contribution in [0.5, 0.6) is 11.6 Å².